The average molecular weight is 369 g/mol. The van der Waals surface area contributed by atoms with Crippen molar-refractivity contribution >= 4 is 10.9 Å². The maximum absolute atomic E-state index is 13.3. The van der Waals surface area contributed by atoms with Crippen molar-refractivity contribution in [1.82, 2.24) is 14.9 Å². The number of aromatic nitrogens is 3. The molecule has 2 aromatic heterocycles. The Morgan fingerprint density at radius 2 is 1.61 bits per heavy atom. The van der Waals surface area contributed by atoms with E-state index in [0.29, 0.717) is 0 Å². The first kappa shape index (κ1) is 16.4. The molecule has 136 valence electrons. The third-order valence-corrected chi connectivity index (χ3v) is 4.80. The minimum absolute atomic E-state index is 0.272. The number of halogens is 1. The van der Waals surface area contributed by atoms with E-state index in [0.717, 1.165) is 39.2 Å². The van der Waals surface area contributed by atoms with Crippen molar-refractivity contribution in [3.63, 3.8) is 0 Å². The summed E-state index contributed by atoms with van der Waals surface area (Å²) in [6.45, 7) is 2.05. The van der Waals surface area contributed by atoms with E-state index >= 15 is 0 Å². The highest BCUT2D eigenvalue weighted by Gasteiger charge is 2.14. The molecule has 0 atom stereocenters. The van der Waals surface area contributed by atoms with Gasteiger partial charge in [0, 0.05) is 11.1 Å². The van der Waals surface area contributed by atoms with Crippen LogP contribution in [0.3, 0.4) is 0 Å². The second kappa shape index (κ2) is 6.46. The molecule has 28 heavy (non-hydrogen) atoms. The van der Waals surface area contributed by atoms with Gasteiger partial charge in [0.05, 0.1) is 23.0 Å². The molecule has 4 nitrogen and oxygen atoms in total. The van der Waals surface area contributed by atoms with Gasteiger partial charge in [-0.15, -0.1) is 0 Å². The maximum Gasteiger partial charge on any atom is 0.174 e. The van der Waals surface area contributed by atoms with Crippen molar-refractivity contribution < 1.29 is 8.91 Å². The Hall–Kier alpha value is -3.73. The molecular formula is C23H16FN3O. The van der Waals surface area contributed by atoms with Crippen LogP contribution in [-0.2, 0) is 0 Å². The number of rotatable bonds is 3. The minimum Gasteiger partial charge on any atom is -0.355 e. The summed E-state index contributed by atoms with van der Waals surface area (Å²) >= 11 is 0. The van der Waals surface area contributed by atoms with Crippen LogP contribution in [0.5, 0.6) is 0 Å². The normalized spacial score (nSPS) is 11.2. The van der Waals surface area contributed by atoms with Crippen LogP contribution in [0.25, 0.3) is 39.2 Å². The molecule has 0 bridgehead atoms. The molecule has 0 aliphatic carbocycles. The quantitative estimate of drug-likeness (QED) is 0.404. The summed E-state index contributed by atoms with van der Waals surface area (Å²) in [5.41, 5.74) is 5.65. The minimum atomic E-state index is -0.272. The van der Waals surface area contributed by atoms with Crippen LogP contribution < -0.4 is 0 Å². The molecule has 5 rings (SSSR count). The average Bonchev–Trinajstić information content (AvgIpc) is 3.36. The first-order valence-electron chi connectivity index (χ1n) is 8.96. The molecule has 0 radical (unpaired) electrons. The molecule has 0 unspecified atom stereocenters. The molecule has 5 heteroatoms. The maximum atomic E-state index is 13.3. The molecule has 0 saturated heterocycles. The number of aryl methyl sites for hydroxylation is 1. The second-order valence-electron chi connectivity index (χ2n) is 6.71. The van der Waals surface area contributed by atoms with Gasteiger partial charge in [0.1, 0.15) is 11.3 Å². The van der Waals surface area contributed by atoms with Crippen LogP contribution >= 0.6 is 0 Å². The SMILES string of the molecule is Cc1ccc(-c2onc3ccc(-c4ccnn4-c4ccc(F)cc4)cc23)cc1. The molecule has 0 aliphatic rings. The number of benzene rings is 3. The van der Waals surface area contributed by atoms with Crippen molar-refractivity contribution in [1.29, 1.82) is 0 Å². The Bertz CT molecular complexity index is 1270. The van der Waals surface area contributed by atoms with Gasteiger partial charge in [-0.1, -0.05) is 41.1 Å². The lowest BCUT2D eigenvalue weighted by molar-refractivity contribution is 0.441. The molecule has 5 aromatic rings. The van der Waals surface area contributed by atoms with Crippen molar-refractivity contribution in [2.24, 2.45) is 0 Å². The molecular weight excluding hydrogens is 353 g/mol. The van der Waals surface area contributed by atoms with Gasteiger partial charge in [0.25, 0.3) is 0 Å². The smallest absolute Gasteiger partial charge is 0.174 e. The summed E-state index contributed by atoms with van der Waals surface area (Å²) in [6, 6.07) is 22.4. The Kier molecular flexibility index (Phi) is 3.79. The van der Waals surface area contributed by atoms with E-state index in [1.807, 2.05) is 30.3 Å². The largest absolute Gasteiger partial charge is 0.355 e. The summed E-state index contributed by atoms with van der Waals surface area (Å²) < 4.78 is 20.7. The van der Waals surface area contributed by atoms with Crippen LogP contribution in [0.15, 0.2) is 83.5 Å². The highest BCUT2D eigenvalue weighted by molar-refractivity contribution is 5.94. The Labute approximate surface area is 160 Å². The van der Waals surface area contributed by atoms with Crippen molar-refractivity contribution in [3.8, 4) is 28.3 Å². The zero-order chi connectivity index (χ0) is 19.1. The summed E-state index contributed by atoms with van der Waals surface area (Å²) in [4.78, 5) is 0. The first-order valence-corrected chi connectivity index (χ1v) is 8.96. The van der Waals surface area contributed by atoms with E-state index in [2.05, 4.69) is 35.4 Å². The molecule has 0 spiro atoms. The monoisotopic (exact) mass is 369 g/mol. The molecule has 0 fully saturated rings. The van der Waals surface area contributed by atoms with Crippen LogP contribution in [0.1, 0.15) is 5.56 Å². The lowest BCUT2D eigenvalue weighted by atomic mass is 10.0. The van der Waals surface area contributed by atoms with Gasteiger partial charge in [-0.05, 0) is 49.4 Å². The van der Waals surface area contributed by atoms with Crippen molar-refractivity contribution in [3.05, 3.63) is 90.4 Å². The third-order valence-electron chi connectivity index (χ3n) is 4.80. The highest BCUT2D eigenvalue weighted by atomic mass is 19.1. The van der Waals surface area contributed by atoms with Gasteiger partial charge < -0.3 is 4.52 Å². The fourth-order valence-electron chi connectivity index (χ4n) is 3.32. The Balaban J connectivity index is 1.63. The third kappa shape index (κ3) is 2.77. The molecule has 0 aliphatic heterocycles. The number of fused-ring (bicyclic) bond motifs is 1. The van der Waals surface area contributed by atoms with Crippen molar-refractivity contribution in [2.75, 3.05) is 0 Å². The summed E-state index contributed by atoms with van der Waals surface area (Å²) in [7, 11) is 0. The zero-order valence-corrected chi connectivity index (χ0v) is 15.1. The predicted molar refractivity (Wildman–Crippen MR) is 107 cm³/mol. The van der Waals surface area contributed by atoms with Gasteiger partial charge in [-0.3, -0.25) is 0 Å². The lowest BCUT2D eigenvalue weighted by Crippen LogP contribution is -1.98. The predicted octanol–water partition coefficient (Wildman–Crippen LogP) is 5.80. The van der Waals surface area contributed by atoms with Gasteiger partial charge in [-0.25, -0.2) is 9.07 Å². The van der Waals surface area contributed by atoms with E-state index in [1.54, 1.807) is 23.0 Å². The van der Waals surface area contributed by atoms with Crippen LogP contribution in [0, 0.1) is 12.7 Å². The molecule has 0 saturated carbocycles. The fourth-order valence-corrected chi connectivity index (χ4v) is 3.32. The van der Waals surface area contributed by atoms with E-state index in [-0.39, 0.29) is 5.82 Å². The summed E-state index contributed by atoms with van der Waals surface area (Å²) in [6.07, 6.45) is 1.73. The van der Waals surface area contributed by atoms with Crippen LogP contribution in [0.2, 0.25) is 0 Å². The highest BCUT2D eigenvalue weighted by Crippen LogP contribution is 2.32. The molecule has 0 N–H and O–H groups in total. The van der Waals surface area contributed by atoms with E-state index in [4.69, 9.17) is 4.52 Å². The van der Waals surface area contributed by atoms with E-state index < -0.39 is 0 Å². The van der Waals surface area contributed by atoms with Crippen LogP contribution in [-0.4, -0.2) is 14.9 Å². The standard InChI is InChI=1S/C23H16FN3O/c1-15-2-4-16(5-3-15)23-20-14-17(6-11-21(20)26-28-23)22-12-13-25-27(22)19-9-7-18(24)8-10-19/h2-14H,1H3. The number of hydrogen-bond acceptors (Lipinski definition) is 3. The number of hydrogen-bond donors (Lipinski definition) is 0. The first-order chi connectivity index (χ1) is 13.7. The number of nitrogens with zero attached hydrogens (tertiary/aromatic N) is 3. The molecule has 3 aromatic carbocycles. The molecule has 0 amide bonds. The zero-order valence-electron chi connectivity index (χ0n) is 15.1. The fraction of sp³-hybridized carbons (Fsp3) is 0.0435. The molecule has 2 heterocycles. The van der Waals surface area contributed by atoms with E-state index in [1.165, 1.54) is 17.7 Å². The van der Waals surface area contributed by atoms with Crippen LogP contribution in [0.4, 0.5) is 4.39 Å². The Morgan fingerprint density at radius 1 is 0.857 bits per heavy atom. The summed E-state index contributed by atoms with van der Waals surface area (Å²) in [5.74, 6) is 0.468. The lowest BCUT2D eigenvalue weighted by Gasteiger charge is -2.08. The topological polar surface area (TPSA) is 43.9 Å². The summed E-state index contributed by atoms with van der Waals surface area (Å²) in [5, 5.41) is 9.53. The van der Waals surface area contributed by atoms with Gasteiger partial charge in [0.15, 0.2) is 5.76 Å². The van der Waals surface area contributed by atoms with E-state index in [9.17, 15) is 4.39 Å². The Morgan fingerprint density at radius 3 is 2.39 bits per heavy atom. The van der Waals surface area contributed by atoms with Gasteiger partial charge >= 0.3 is 0 Å². The van der Waals surface area contributed by atoms with Gasteiger partial charge in [0.2, 0.25) is 0 Å². The second-order valence-corrected chi connectivity index (χ2v) is 6.71. The van der Waals surface area contributed by atoms with Crippen molar-refractivity contribution in [2.45, 2.75) is 6.92 Å². The van der Waals surface area contributed by atoms with Gasteiger partial charge in [-0.2, -0.15) is 5.10 Å².